The summed E-state index contributed by atoms with van der Waals surface area (Å²) in [6.45, 7) is 5.58. The largest absolute Gasteiger partial charge is 0.482 e. The molecule has 7 nitrogen and oxygen atoms in total. The zero-order valence-electron chi connectivity index (χ0n) is 14.8. The smallest absolute Gasteiger partial charge is 0.344 e. The molecule has 0 spiro atoms. The minimum atomic E-state index is -0.522. The lowest BCUT2D eigenvalue weighted by atomic mass is 10.1. The molecule has 136 valence electrons. The van der Waals surface area contributed by atoms with E-state index in [9.17, 15) is 9.59 Å². The summed E-state index contributed by atoms with van der Waals surface area (Å²) >= 11 is 1.35. The van der Waals surface area contributed by atoms with E-state index in [0.29, 0.717) is 16.4 Å². The predicted molar refractivity (Wildman–Crippen MR) is 97.7 cm³/mol. The van der Waals surface area contributed by atoms with E-state index in [1.54, 1.807) is 6.07 Å². The van der Waals surface area contributed by atoms with Crippen molar-refractivity contribution in [1.29, 1.82) is 0 Å². The molecular formula is C18H19N3O4S. The van der Waals surface area contributed by atoms with Crippen LogP contribution in [0.25, 0.3) is 4.96 Å². The number of ether oxygens (including phenoxy) is 2. The summed E-state index contributed by atoms with van der Waals surface area (Å²) in [5.74, 6) is 0.128. The van der Waals surface area contributed by atoms with Crippen LogP contribution in [-0.2, 0) is 22.6 Å². The van der Waals surface area contributed by atoms with Crippen LogP contribution in [0.2, 0.25) is 0 Å². The first-order valence-electron chi connectivity index (χ1n) is 8.21. The molecule has 3 rings (SSSR count). The maximum absolute atomic E-state index is 12.1. The number of nitrogens with zero attached hydrogens (tertiary/aromatic N) is 3. The van der Waals surface area contributed by atoms with Crippen LogP contribution in [0, 0.1) is 13.8 Å². The van der Waals surface area contributed by atoms with E-state index in [2.05, 4.69) is 10.1 Å². The van der Waals surface area contributed by atoms with Crippen molar-refractivity contribution in [3.63, 3.8) is 0 Å². The summed E-state index contributed by atoms with van der Waals surface area (Å²) < 4.78 is 11.9. The van der Waals surface area contributed by atoms with Gasteiger partial charge in [0.1, 0.15) is 17.4 Å². The third-order valence-electron chi connectivity index (χ3n) is 3.92. The van der Waals surface area contributed by atoms with Crippen LogP contribution >= 0.6 is 11.3 Å². The van der Waals surface area contributed by atoms with Crippen LogP contribution in [0.3, 0.4) is 0 Å². The number of hydrogen-bond acceptors (Lipinski definition) is 7. The molecule has 0 bridgehead atoms. The number of fused-ring (bicyclic) bond motifs is 1. The van der Waals surface area contributed by atoms with Crippen molar-refractivity contribution in [3.05, 3.63) is 56.4 Å². The van der Waals surface area contributed by atoms with Crippen molar-refractivity contribution in [2.45, 2.75) is 33.8 Å². The summed E-state index contributed by atoms with van der Waals surface area (Å²) in [6, 6.07) is 6.98. The second kappa shape index (κ2) is 7.65. The van der Waals surface area contributed by atoms with Gasteiger partial charge in [-0.1, -0.05) is 30.4 Å². The molecule has 2 heterocycles. The van der Waals surface area contributed by atoms with Gasteiger partial charge in [-0.05, 0) is 37.5 Å². The summed E-state index contributed by atoms with van der Waals surface area (Å²) in [6.07, 6.45) is 0.730. The molecule has 0 atom stereocenters. The van der Waals surface area contributed by atoms with E-state index in [-0.39, 0.29) is 18.8 Å². The van der Waals surface area contributed by atoms with Gasteiger partial charge in [0.25, 0.3) is 5.56 Å². The molecule has 0 unspecified atom stereocenters. The predicted octanol–water partition coefficient (Wildman–Crippen LogP) is 2.45. The van der Waals surface area contributed by atoms with Gasteiger partial charge in [0.05, 0.1) is 5.69 Å². The molecule has 0 radical (unpaired) electrons. The number of carbonyl (C=O) groups excluding carboxylic acids is 1. The van der Waals surface area contributed by atoms with E-state index < -0.39 is 5.97 Å². The number of aryl methyl sites for hydroxylation is 2. The standard InChI is InChI=1S/C18H19N3O4S/c1-4-15-20-21-16(22)8-13(19-18(21)26-15)9-25-17(23)10-24-14-7-5-6-11(2)12(14)3/h5-8H,4,9-10H2,1-3H3. The van der Waals surface area contributed by atoms with Gasteiger partial charge in [-0.25, -0.2) is 9.78 Å². The minimum Gasteiger partial charge on any atom is -0.482 e. The first-order valence-corrected chi connectivity index (χ1v) is 9.03. The molecule has 2 aromatic heterocycles. The Morgan fingerprint density at radius 3 is 2.88 bits per heavy atom. The van der Waals surface area contributed by atoms with Crippen molar-refractivity contribution in [1.82, 2.24) is 14.6 Å². The van der Waals surface area contributed by atoms with Gasteiger partial charge in [0.15, 0.2) is 6.61 Å². The lowest BCUT2D eigenvalue weighted by molar-refractivity contribution is -0.147. The number of carbonyl (C=O) groups is 1. The molecule has 0 saturated carbocycles. The SMILES string of the molecule is CCc1nn2c(=O)cc(COC(=O)COc3cccc(C)c3C)nc2s1. The van der Waals surface area contributed by atoms with E-state index in [1.807, 2.05) is 32.9 Å². The number of esters is 1. The van der Waals surface area contributed by atoms with Gasteiger partial charge >= 0.3 is 5.97 Å². The van der Waals surface area contributed by atoms with Crippen LogP contribution < -0.4 is 10.3 Å². The van der Waals surface area contributed by atoms with Gasteiger partial charge in [0, 0.05) is 6.07 Å². The van der Waals surface area contributed by atoms with Crippen LogP contribution in [0.4, 0.5) is 0 Å². The van der Waals surface area contributed by atoms with Crippen molar-refractivity contribution in [3.8, 4) is 5.75 Å². The topological polar surface area (TPSA) is 82.8 Å². The van der Waals surface area contributed by atoms with Crippen molar-refractivity contribution in [2.24, 2.45) is 0 Å². The Labute approximate surface area is 154 Å². The maximum atomic E-state index is 12.1. The average molecular weight is 373 g/mol. The fourth-order valence-electron chi connectivity index (χ4n) is 2.33. The Bertz CT molecular complexity index is 1010. The molecular weight excluding hydrogens is 354 g/mol. The Hall–Kier alpha value is -2.74. The highest BCUT2D eigenvalue weighted by Crippen LogP contribution is 2.20. The maximum Gasteiger partial charge on any atom is 0.344 e. The first kappa shape index (κ1) is 18.1. The molecule has 0 fully saturated rings. The highest BCUT2D eigenvalue weighted by Gasteiger charge is 2.11. The molecule has 0 amide bonds. The van der Waals surface area contributed by atoms with Gasteiger partial charge in [-0.3, -0.25) is 4.79 Å². The second-order valence-electron chi connectivity index (χ2n) is 5.78. The summed E-state index contributed by atoms with van der Waals surface area (Å²) in [4.78, 5) is 28.8. The molecule has 0 aliphatic rings. The molecule has 26 heavy (non-hydrogen) atoms. The number of hydrogen-bond donors (Lipinski definition) is 0. The lowest BCUT2D eigenvalue weighted by Gasteiger charge is -2.10. The van der Waals surface area contributed by atoms with Gasteiger partial charge in [-0.15, -0.1) is 0 Å². The molecule has 0 N–H and O–H groups in total. The summed E-state index contributed by atoms with van der Waals surface area (Å²) in [5, 5.41) is 5.00. The summed E-state index contributed by atoms with van der Waals surface area (Å²) in [5.41, 5.74) is 2.17. The van der Waals surface area contributed by atoms with Crippen LogP contribution in [-0.4, -0.2) is 27.2 Å². The fourth-order valence-corrected chi connectivity index (χ4v) is 3.18. The van der Waals surface area contributed by atoms with Gasteiger partial charge < -0.3 is 9.47 Å². The van der Waals surface area contributed by atoms with Crippen molar-refractivity contribution < 1.29 is 14.3 Å². The van der Waals surface area contributed by atoms with Crippen molar-refractivity contribution >= 4 is 22.3 Å². The molecule has 0 aliphatic carbocycles. The zero-order valence-corrected chi connectivity index (χ0v) is 15.6. The highest BCUT2D eigenvalue weighted by molar-refractivity contribution is 7.16. The third kappa shape index (κ3) is 3.91. The van der Waals surface area contributed by atoms with Crippen LogP contribution in [0.5, 0.6) is 5.75 Å². The molecule has 3 aromatic rings. The number of benzene rings is 1. The summed E-state index contributed by atoms with van der Waals surface area (Å²) in [7, 11) is 0. The lowest BCUT2D eigenvalue weighted by Crippen LogP contribution is -2.18. The Kier molecular flexibility index (Phi) is 5.32. The average Bonchev–Trinajstić information content (AvgIpc) is 3.05. The van der Waals surface area contributed by atoms with Gasteiger partial charge in [-0.2, -0.15) is 9.61 Å². The highest BCUT2D eigenvalue weighted by atomic mass is 32.1. The molecule has 0 aliphatic heterocycles. The molecule has 8 heteroatoms. The molecule has 1 aromatic carbocycles. The zero-order chi connectivity index (χ0) is 18.7. The minimum absolute atomic E-state index is 0.0832. The van der Waals surface area contributed by atoms with E-state index in [4.69, 9.17) is 9.47 Å². The number of rotatable bonds is 6. The quantitative estimate of drug-likeness (QED) is 0.617. The van der Waals surface area contributed by atoms with E-state index in [0.717, 1.165) is 22.6 Å². The second-order valence-corrected chi connectivity index (χ2v) is 6.82. The van der Waals surface area contributed by atoms with Crippen LogP contribution in [0.15, 0.2) is 29.1 Å². The Morgan fingerprint density at radius 2 is 2.12 bits per heavy atom. The van der Waals surface area contributed by atoms with E-state index in [1.165, 1.54) is 21.9 Å². The Balaban J connectivity index is 1.61. The third-order valence-corrected chi connectivity index (χ3v) is 4.98. The van der Waals surface area contributed by atoms with Crippen molar-refractivity contribution in [2.75, 3.05) is 6.61 Å². The molecule has 0 saturated heterocycles. The first-order chi connectivity index (χ1) is 12.5. The van der Waals surface area contributed by atoms with E-state index >= 15 is 0 Å². The number of aromatic nitrogens is 3. The van der Waals surface area contributed by atoms with Gasteiger partial charge in [0.2, 0.25) is 4.96 Å². The fraction of sp³-hybridized carbons (Fsp3) is 0.333. The van der Waals surface area contributed by atoms with Crippen LogP contribution in [0.1, 0.15) is 28.8 Å². The normalized spacial score (nSPS) is 10.9. The Morgan fingerprint density at radius 1 is 1.31 bits per heavy atom. The monoisotopic (exact) mass is 373 g/mol.